The normalized spacial score (nSPS) is 22.5. The van der Waals surface area contributed by atoms with Gasteiger partial charge in [0.25, 0.3) is 0 Å². The molecule has 5 nitrogen and oxygen atoms in total. The van der Waals surface area contributed by atoms with Crippen molar-refractivity contribution in [2.45, 2.75) is 32.7 Å². The molecule has 2 heterocycles. The molecule has 16 heavy (non-hydrogen) atoms. The first kappa shape index (κ1) is 11.5. The van der Waals surface area contributed by atoms with E-state index in [1.165, 1.54) is 12.8 Å². The standard InChI is InChI=1S/C11H20N4O/c1-2-10-13-14-11(16-10)8-15-5-3-4-9(6-12)7-15/h9H,2-8,12H2,1H3. The molecule has 2 rings (SSSR count). The predicted octanol–water partition coefficient (Wildman–Crippen LogP) is 0.803. The molecule has 1 unspecified atom stereocenters. The molecule has 0 aromatic carbocycles. The molecule has 0 radical (unpaired) electrons. The molecule has 1 aromatic heterocycles. The van der Waals surface area contributed by atoms with Gasteiger partial charge in [-0.25, -0.2) is 0 Å². The van der Waals surface area contributed by atoms with Gasteiger partial charge in [0.15, 0.2) is 0 Å². The van der Waals surface area contributed by atoms with Crippen LogP contribution in [-0.4, -0.2) is 34.7 Å². The summed E-state index contributed by atoms with van der Waals surface area (Å²) in [6.07, 6.45) is 3.27. The number of nitrogens with two attached hydrogens (primary N) is 1. The highest BCUT2D eigenvalue weighted by Crippen LogP contribution is 2.17. The Morgan fingerprint density at radius 3 is 2.94 bits per heavy atom. The Morgan fingerprint density at radius 2 is 2.25 bits per heavy atom. The second-order valence-corrected chi connectivity index (χ2v) is 4.42. The zero-order chi connectivity index (χ0) is 11.4. The highest BCUT2D eigenvalue weighted by Gasteiger charge is 2.20. The van der Waals surface area contributed by atoms with Gasteiger partial charge in [0.1, 0.15) is 0 Å². The van der Waals surface area contributed by atoms with Crippen LogP contribution in [0, 0.1) is 5.92 Å². The lowest BCUT2D eigenvalue weighted by atomic mass is 9.98. The van der Waals surface area contributed by atoms with Gasteiger partial charge in [0, 0.05) is 13.0 Å². The summed E-state index contributed by atoms with van der Waals surface area (Å²) in [4.78, 5) is 2.36. The summed E-state index contributed by atoms with van der Waals surface area (Å²) in [5.41, 5.74) is 5.71. The average molecular weight is 224 g/mol. The summed E-state index contributed by atoms with van der Waals surface area (Å²) in [6.45, 7) is 5.73. The third-order valence-electron chi connectivity index (χ3n) is 3.11. The van der Waals surface area contributed by atoms with Crippen molar-refractivity contribution in [3.05, 3.63) is 11.8 Å². The van der Waals surface area contributed by atoms with Crippen LogP contribution in [0.1, 0.15) is 31.5 Å². The van der Waals surface area contributed by atoms with Gasteiger partial charge in [-0.2, -0.15) is 0 Å². The molecule has 1 aliphatic heterocycles. The highest BCUT2D eigenvalue weighted by molar-refractivity contribution is 4.83. The molecular weight excluding hydrogens is 204 g/mol. The van der Waals surface area contributed by atoms with E-state index in [0.29, 0.717) is 5.92 Å². The Labute approximate surface area is 96.0 Å². The second kappa shape index (κ2) is 5.41. The van der Waals surface area contributed by atoms with Crippen LogP contribution >= 0.6 is 0 Å². The molecule has 5 heteroatoms. The Kier molecular flexibility index (Phi) is 3.90. The van der Waals surface area contributed by atoms with Crippen LogP contribution in [-0.2, 0) is 13.0 Å². The van der Waals surface area contributed by atoms with Crippen molar-refractivity contribution in [3.8, 4) is 0 Å². The Hall–Kier alpha value is -0.940. The van der Waals surface area contributed by atoms with Gasteiger partial charge in [-0.15, -0.1) is 10.2 Å². The van der Waals surface area contributed by atoms with E-state index < -0.39 is 0 Å². The maximum absolute atomic E-state index is 5.71. The molecule has 1 fully saturated rings. The van der Waals surface area contributed by atoms with E-state index in [1.54, 1.807) is 0 Å². The van der Waals surface area contributed by atoms with Crippen LogP contribution in [0.25, 0.3) is 0 Å². The molecule has 90 valence electrons. The number of aromatic nitrogens is 2. The van der Waals surface area contributed by atoms with E-state index in [2.05, 4.69) is 15.1 Å². The van der Waals surface area contributed by atoms with E-state index in [4.69, 9.17) is 10.2 Å². The zero-order valence-electron chi connectivity index (χ0n) is 9.85. The minimum absolute atomic E-state index is 0.627. The van der Waals surface area contributed by atoms with Crippen molar-refractivity contribution >= 4 is 0 Å². The fourth-order valence-corrected chi connectivity index (χ4v) is 2.17. The van der Waals surface area contributed by atoms with Crippen molar-refractivity contribution in [2.24, 2.45) is 11.7 Å². The van der Waals surface area contributed by atoms with Gasteiger partial charge < -0.3 is 10.2 Å². The topological polar surface area (TPSA) is 68.2 Å². The van der Waals surface area contributed by atoms with Crippen molar-refractivity contribution in [1.29, 1.82) is 0 Å². The van der Waals surface area contributed by atoms with Gasteiger partial charge in [0.2, 0.25) is 11.8 Å². The Morgan fingerprint density at radius 1 is 1.44 bits per heavy atom. The third kappa shape index (κ3) is 2.80. The number of hydrogen-bond acceptors (Lipinski definition) is 5. The lowest BCUT2D eigenvalue weighted by Crippen LogP contribution is -2.37. The van der Waals surface area contributed by atoms with Crippen LogP contribution in [0.2, 0.25) is 0 Å². The lowest BCUT2D eigenvalue weighted by molar-refractivity contribution is 0.157. The van der Waals surface area contributed by atoms with Crippen LogP contribution in [0.4, 0.5) is 0 Å². The molecule has 0 spiro atoms. The van der Waals surface area contributed by atoms with Crippen LogP contribution in [0.15, 0.2) is 4.42 Å². The van der Waals surface area contributed by atoms with Crippen LogP contribution in [0.5, 0.6) is 0 Å². The van der Waals surface area contributed by atoms with Gasteiger partial charge in [-0.05, 0) is 31.8 Å². The van der Waals surface area contributed by atoms with Gasteiger partial charge in [-0.1, -0.05) is 6.92 Å². The molecule has 1 saturated heterocycles. The predicted molar refractivity (Wildman–Crippen MR) is 60.7 cm³/mol. The molecule has 0 aliphatic carbocycles. The monoisotopic (exact) mass is 224 g/mol. The summed E-state index contributed by atoms with van der Waals surface area (Å²) in [7, 11) is 0. The van der Waals surface area contributed by atoms with Crippen molar-refractivity contribution in [1.82, 2.24) is 15.1 Å². The second-order valence-electron chi connectivity index (χ2n) is 4.42. The number of likely N-dealkylation sites (tertiary alicyclic amines) is 1. The molecule has 1 atom stereocenters. The largest absolute Gasteiger partial charge is 0.424 e. The summed E-state index contributed by atoms with van der Waals surface area (Å²) in [5.74, 6) is 2.08. The summed E-state index contributed by atoms with van der Waals surface area (Å²) < 4.78 is 5.51. The van der Waals surface area contributed by atoms with Gasteiger partial charge in [0.05, 0.1) is 6.54 Å². The zero-order valence-corrected chi connectivity index (χ0v) is 9.85. The Balaban J connectivity index is 1.88. The van der Waals surface area contributed by atoms with E-state index >= 15 is 0 Å². The summed E-state index contributed by atoms with van der Waals surface area (Å²) in [6, 6.07) is 0. The quantitative estimate of drug-likeness (QED) is 0.819. The number of hydrogen-bond donors (Lipinski definition) is 1. The van der Waals surface area contributed by atoms with E-state index in [0.717, 1.165) is 44.4 Å². The molecule has 0 bridgehead atoms. The number of aryl methyl sites for hydroxylation is 1. The minimum Gasteiger partial charge on any atom is -0.424 e. The molecular formula is C11H20N4O. The average Bonchev–Trinajstić information content (AvgIpc) is 2.77. The molecule has 1 aromatic rings. The first-order valence-corrected chi connectivity index (χ1v) is 6.05. The lowest BCUT2D eigenvalue weighted by Gasteiger charge is -2.30. The molecule has 0 amide bonds. The van der Waals surface area contributed by atoms with Crippen LogP contribution < -0.4 is 5.73 Å². The van der Waals surface area contributed by atoms with Crippen molar-refractivity contribution < 1.29 is 4.42 Å². The molecule has 2 N–H and O–H groups in total. The molecule has 1 aliphatic rings. The van der Waals surface area contributed by atoms with Crippen LogP contribution in [0.3, 0.4) is 0 Å². The van der Waals surface area contributed by atoms with Crippen molar-refractivity contribution in [3.63, 3.8) is 0 Å². The number of piperidine rings is 1. The SMILES string of the molecule is CCc1nnc(CN2CCCC(CN)C2)o1. The minimum atomic E-state index is 0.627. The maximum atomic E-state index is 5.71. The van der Waals surface area contributed by atoms with Gasteiger partial charge >= 0.3 is 0 Å². The third-order valence-corrected chi connectivity index (χ3v) is 3.11. The number of nitrogens with zero attached hydrogens (tertiary/aromatic N) is 3. The first-order valence-electron chi connectivity index (χ1n) is 6.05. The smallest absolute Gasteiger partial charge is 0.230 e. The summed E-state index contributed by atoms with van der Waals surface area (Å²) >= 11 is 0. The van der Waals surface area contributed by atoms with Gasteiger partial charge in [-0.3, -0.25) is 4.90 Å². The molecule has 0 saturated carbocycles. The van der Waals surface area contributed by atoms with E-state index in [9.17, 15) is 0 Å². The Bertz CT molecular complexity index is 326. The van der Waals surface area contributed by atoms with E-state index in [1.807, 2.05) is 6.92 Å². The fraction of sp³-hybridized carbons (Fsp3) is 0.818. The van der Waals surface area contributed by atoms with E-state index in [-0.39, 0.29) is 0 Å². The number of rotatable bonds is 4. The fourth-order valence-electron chi connectivity index (χ4n) is 2.17. The summed E-state index contributed by atoms with van der Waals surface area (Å²) in [5, 5.41) is 8.01. The first-order chi connectivity index (χ1) is 7.81. The maximum Gasteiger partial charge on any atom is 0.230 e. The highest BCUT2D eigenvalue weighted by atomic mass is 16.4. The van der Waals surface area contributed by atoms with Crippen molar-refractivity contribution in [2.75, 3.05) is 19.6 Å².